The molecule has 0 bridgehead atoms. The summed E-state index contributed by atoms with van der Waals surface area (Å²) in [6, 6.07) is 12.4. The minimum absolute atomic E-state index is 0.230. The molecular formula is C16H20ClN5. The Kier molecular flexibility index (Phi) is 4.75. The Labute approximate surface area is 135 Å². The first kappa shape index (κ1) is 15.1. The Balaban J connectivity index is 1.64. The second kappa shape index (κ2) is 6.94. The topological polar surface area (TPSA) is 58.3 Å². The van der Waals surface area contributed by atoms with Gasteiger partial charge in [0.15, 0.2) is 0 Å². The van der Waals surface area contributed by atoms with Crippen molar-refractivity contribution in [1.82, 2.24) is 14.9 Å². The molecule has 0 spiro atoms. The smallest absolute Gasteiger partial charge is 0.223 e. The van der Waals surface area contributed by atoms with Crippen molar-refractivity contribution in [2.75, 3.05) is 36.8 Å². The number of hydrogen-bond acceptors (Lipinski definition) is 5. The van der Waals surface area contributed by atoms with Crippen molar-refractivity contribution in [2.45, 2.75) is 13.0 Å². The summed E-state index contributed by atoms with van der Waals surface area (Å²) in [4.78, 5) is 12.9. The third-order valence-corrected chi connectivity index (χ3v) is 4.05. The van der Waals surface area contributed by atoms with E-state index in [-0.39, 0.29) is 5.95 Å². The van der Waals surface area contributed by atoms with Crippen LogP contribution in [0.2, 0.25) is 5.15 Å². The summed E-state index contributed by atoms with van der Waals surface area (Å²) >= 11 is 5.98. The SMILES string of the molecule is Nc1nc(Cl)cc(N2CCCN(Cc3ccccc3)CC2)n1. The van der Waals surface area contributed by atoms with Crippen LogP contribution in [-0.2, 0) is 6.54 Å². The molecule has 0 unspecified atom stereocenters. The second-order valence-electron chi connectivity index (χ2n) is 5.51. The molecule has 1 saturated heterocycles. The van der Waals surface area contributed by atoms with Crippen LogP contribution < -0.4 is 10.6 Å². The van der Waals surface area contributed by atoms with Crippen LogP contribution in [0.25, 0.3) is 0 Å². The number of nitrogen functional groups attached to an aromatic ring is 1. The molecule has 0 radical (unpaired) electrons. The molecule has 1 aliphatic rings. The minimum atomic E-state index is 0.230. The van der Waals surface area contributed by atoms with Crippen LogP contribution in [0.5, 0.6) is 0 Å². The second-order valence-corrected chi connectivity index (χ2v) is 5.90. The summed E-state index contributed by atoms with van der Waals surface area (Å²) in [6.07, 6.45) is 1.09. The van der Waals surface area contributed by atoms with Crippen LogP contribution in [0.3, 0.4) is 0 Å². The molecular weight excluding hydrogens is 298 g/mol. The predicted octanol–water partition coefficient (Wildman–Crippen LogP) is 2.42. The zero-order chi connectivity index (χ0) is 15.4. The lowest BCUT2D eigenvalue weighted by atomic mass is 10.2. The molecule has 1 aromatic heterocycles. The lowest BCUT2D eigenvalue weighted by Gasteiger charge is -2.23. The van der Waals surface area contributed by atoms with E-state index >= 15 is 0 Å². The molecule has 3 rings (SSSR count). The van der Waals surface area contributed by atoms with Crippen LogP contribution in [0.1, 0.15) is 12.0 Å². The number of anilines is 2. The summed E-state index contributed by atoms with van der Waals surface area (Å²) in [6.45, 7) is 4.94. The van der Waals surface area contributed by atoms with Crippen LogP contribution in [0.15, 0.2) is 36.4 Å². The van der Waals surface area contributed by atoms with Crippen molar-refractivity contribution in [3.05, 3.63) is 47.1 Å². The zero-order valence-electron chi connectivity index (χ0n) is 12.5. The number of rotatable bonds is 3. The first-order chi connectivity index (χ1) is 10.7. The van der Waals surface area contributed by atoms with E-state index in [4.69, 9.17) is 17.3 Å². The van der Waals surface area contributed by atoms with Gasteiger partial charge in [0.05, 0.1) is 0 Å². The molecule has 116 valence electrons. The number of benzene rings is 1. The minimum Gasteiger partial charge on any atom is -0.368 e. The van der Waals surface area contributed by atoms with E-state index in [9.17, 15) is 0 Å². The summed E-state index contributed by atoms with van der Waals surface area (Å²) in [5.41, 5.74) is 7.04. The highest BCUT2D eigenvalue weighted by atomic mass is 35.5. The molecule has 0 aliphatic carbocycles. The third kappa shape index (κ3) is 3.87. The monoisotopic (exact) mass is 317 g/mol. The van der Waals surface area contributed by atoms with Gasteiger partial charge in [0, 0.05) is 38.8 Å². The van der Waals surface area contributed by atoms with E-state index < -0.39 is 0 Å². The van der Waals surface area contributed by atoms with Crippen molar-refractivity contribution >= 4 is 23.4 Å². The molecule has 22 heavy (non-hydrogen) atoms. The van der Waals surface area contributed by atoms with Gasteiger partial charge in [-0.3, -0.25) is 4.90 Å². The zero-order valence-corrected chi connectivity index (χ0v) is 13.2. The van der Waals surface area contributed by atoms with E-state index in [1.54, 1.807) is 6.07 Å². The van der Waals surface area contributed by atoms with Gasteiger partial charge in [0.2, 0.25) is 5.95 Å². The van der Waals surface area contributed by atoms with E-state index in [1.807, 2.05) is 0 Å². The highest BCUT2D eigenvalue weighted by molar-refractivity contribution is 6.29. The van der Waals surface area contributed by atoms with Crippen molar-refractivity contribution < 1.29 is 0 Å². The molecule has 0 atom stereocenters. The number of hydrogen-bond donors (Lipinski definition) is 1. The van der Waals surface area contributed by atoms with Gasteiger partial charge in [0.1, 0.15) is 11.0 Å². The molecule has 5 nitrogen and oxygen atoms in total. The van der Waals surface area contributed by atoms with Crippen LogP contribution >= 0.6 is 11.6 Å². The largest absolute Gasteiger partial charge is 0.368 e. The Hall–Kier alpha value is -1.85. The fourth-order valence-corrected chi connectivity index (χ4v) is 2.97. The Morgan fingerprint density at radius 1 is 1.05 bits per heavy atom. The van der Waals surface area contributed by atoms with Crippen LogP contribution in [0, 0.1) is 0 Å². The van der Waals surface area contributed by atoms with Crippen molar-refractivity contribution in [3.63, 3.8) is 0 Å². The lowest BCUT2D eigenvalue weighted by molar-refractivity contribution is 0.285. The predicted molar refractivity (Wildman–Crippen MR) is 90.0 cm³/mol. The van der Waals surface area contributed by atoms with Crippen molar-refractivity contribution in [2.24, 2.45) is 0 Å². The average molecular weight is 318 g/mol. The van der Waals surface area contributed by atoms with Crippen LogP contribution in [0.4, 0.5) is 11.8 Å². The fourth-order valence-electron chi connectivity index (χ4n) is 2.78. The molecule has 6 heteroatoms. The lowest BCUT2D eigenvalue weighted by Crippen LogP contribution is -2.31. The number of halogens is 1. The van der Waals surface area contributed by atoms with Gasteiger partial charge in [-0.25, -0.2) is 4.98 Å². The number of nitrogens with two attached hydrogens (primary N) is 1. The summed E-state index contributed by atoms with van der Waals surface area (Å²) in [7, 11) is 0. The first-order valence-electron chi connectivity index (χ1n) is 7.52. The van der Waals surface area contributed by atoms with Crippen molar-refractivity contribution in [3.8, 4) is 0 Å². The molecule has 2 N–H and O–H groups in total. The fraction of sp³-hybridized carbons (Fsp3) is 0.375. The molecule has 1 fully saturated rings. The number of nitrogens with zero attached hydrogens (tertiary/aromatic N) is 4. The molecule has 2 heterocycles. The van der Waals surface area contributed by atoms with Gasteiger partial charge >= 0.3 is 0 Å². The number of aromatic nitrogens is 2. The summed E-state index contributed by atoms with van der Waals surface area (Å²) in [5, 5.41) is 0.396. The Bertz CT molecular complexity index is 599. The molecule has 0 amide bonds. The van der Waals surface area contributed by atoms with Gasteiger partial charge in [0.25, 0.3) is 0 Å². The molecule has 2 aromatic rings. The maximum absolute atomic E-state index is 5.98. The highest BCUT2D eigenvalue weighted by Crippen LogP contribution is 2.19. The van der Waals surface area contributed by atoms with E-state index in [1.165, 1.54) is 5.56 Å². The molecule has 1 aromatic carbocycles. The Morgan fingerprint density at radius 3 is 2.64 bits per heavy atom. The normalized spacial score (nSPS) is 16.5. The van der Waals surface area contributed by atoms with Gasteiger partial charge in [-0.2, -0.15) is 4.98 Å². The molecule has 1 aliphatic heterocycles. The van der Waals surface area contributed by atoms with E-state index in [0.717, 1.165) is 45.0 Å². The van der Waals surface area contributed by atoms with Gasteiger partial charge < -0.3 is 10.6 Å². The van der Waals surface area contributed by atoms with Gasteiger partial charge in [-0.05, 0) is 12.0 Å². The van der Waals surface area contributed by atoms with E-state index in [2.05, 4.69) is 50.1 Å². The average Bonchev–Trinajstić information content (AvgIpc) is 2.73. The summed E-state index contributed by atoms with van der Waals surface area (Å²) in [5.74, 6) is 1.05. The maximum atomic E-state index is 5.98. The van der Waals surface area contributed by atoms with Crippen LogP contribution in [-0.4, -0.2) is 41.0 Å². The Morgan fingerprint density at radius 2 is 1.86 bits per heavy atom. The quantitative estimate of drug-likeness (QED) is 0.881. The highest BCUT2D eigenvalue weighted by Gasteiger charge is 2.17. The molecule has 0 saturated carbocycles. The standard InChI is InChI=1S/C16H20ClN5/c17-14-11-15(20-16(18)19-14)22-8-4-7-21(9-10-22)12-13-5-2-1-3-6-13/h1-3,5-6,11H,4,7-10,12H2,(H2,18,19,20). The summed E-state index contributed by atoms with van der Waals surface area (Å²) < 4.78 is 0. The maximum Gasteiger partial charge on any atom is 0.223 e. The van der Waals surface area contributed by atoms with E-state index in [0.29, 0.717) is 5.15 Å². The van der Waals surface area contributed by atoms with Crippen molar-refractivity contribution in [1.29, 1.82) is 0 Å². The first-order valence-corrected chi connectivity index (χ1v) is 7.90. The third-order valence-electron chi connectivity index (χ3n) is 3.86. The van der Waals surface area contributed by atoms with Gasteiger partial charge in [-0.15, -0.1) is 0 Å². The van der Waals surface area contributed by atoms with Gasteiger partial charge in [-0.1, -0.05) is 41.9 Å².